The van der Waals surface area contributed by atoms with Crippen LogP contribution in [0.5, 0.6) is 0 Å². The van der Waals surface area contributed by atoms with Gasteiger partial charge >= 0.3 is 0 Å². The molecule has 1 aromatic rings. The molecular formula is C16H21Cl2NO. The molecule has 1 saturated heterocycles. The minimum atomic E-state index is 0. The van der Waals surface area contributed by atoms with Gasteiger partial charge in [0, 0.05) is 10.6 Å². The molecule has 1 N–H and O–H groups in total. The number of fused-ring (bicyclic) bond motifs is 1. The summed E-state index contributed by atoms with van der Waals surface area (Å²) in [5.41, 5.74) is 2.06. The van der Waals surface area contributed by atoms with Crippen LogP contribution in [-0.4, -0.2) is 25.4 Å². The van der Waals surface area contributed by atoms with Gasteiger partial charge in [0.15, 0.2) is 5.78 Å². The lowest BCUT2D eigenvalue weighted by Gasteiger charge is -2.29. The molecule has 0 amide bonds. The number of benzene rings is 1. The Kier molecular flexibility index (Phi) is 5.48. The van der Waals surface area contributed by atoms with E-state index in [1.165, 1.54) is 37.9 Å². The predicted molar refractivity (Wildman–Crippen MR) is 77.0 cm³/mol. The summed E-state index contributed by atoms with van der Waals surface area (Å²) in [6.07, 6.45) is 6.03. The van der Waals surface area contributed by atoms with Crippen molar-refractivity contribution >= 4 is 17.4 Å². The zero-order valence-corrected chi connectivity index (χ0v) is 13.1. The molecule has 110 valence electrons. The summed E-state index contributed by atoms with van der Waals surface area (Å²) in [6, 6.07) is 5.76. The highest BCUT2D eigenvalue weighted by molar-refractivity contribution is 6.31. The number of carbonyl (C=O) groups excluding carboxylic acids is 1. The lowest BCUT2D eigenvalue weighted by Crippen LogP contribution is -3.13. The van der Waals surface area contributed by atoms with E-state index in [4.69, 9.17) is 11.6 Å². The van der Waals surface area contributed by atoms with Crippen molar-refractivity contribution in [1.82, 2.24) is 0 Å². The van der Waals surface area contributed by atoms with Gasteiger partial charge in [-0.05, 0) is 49.8 Å². The van der Waals surface area contributed by atoms with Gasteiger partial charge in [-0.15, -0.1) is 0 Å². The van der Waals surface area contributed by atoms with Gasteiger partial charge in [0.2, 0.25) is 0 Å². The average Bonchev–Trinajstić information content (AvgIpc) is 2.44. The van der Waals surface area contributed by atoms with Crippen molar-refractivity contribution in [1.29, 1.82) is 0 Å². The highest BCUT2D eigenvalue weighted by Crippen LogP contribution is 2.27. The fraction of sp³-hybridized carbons (Fsp3) is 0.562. The maximum Gasteiger partial charge on any atom is 0.171 e. The monoisotopic (exact) mass is 313 g/mol. The summed E-state index contributed by atoms with van der Waals surface area (Å²) in [7, 11) is 0. The van der Waals surface area contributed by atoms with E-state index in [-0.39, 0.29) is 18.3 Å². The lowest BCUT2D eigenvalue weighted by molar-refractivity contribution is -0.907. The molecule has 1 fully saturated rings. The minimum absolute atomic E-state index is 0. The molecule has 3 rings (SSSR count). The second kappa shape index (κ2) is 6.93. The second-order valence-corrected chi connectivity index (χ2v) is 6.35. The number of Topliss-reactive ketones (excluding diaryl/α,β-unsaturated/α-hetero) is 1. The summed E-state index contributed by atoms with van der Waals surface area (Å²) in [6.45, 7) is 3.50. The lowest BCUT2D eigenvalue weighted by atomic mass is 9.82. The van der Waals surface area contributed by atoms with Crippen LogP contribution in [0.1, 0.15) is 41.6 Å². The second-order valence-electron chi connectivity index (χ2n) is 5.92. The van der Waals surface area contributed by atoms with E-state index in [0.29, 0.717) is 10.8 Å². The van der Waals surface area contributed by atoms with Crippen molar-refractivity contribution in [3.8, 4) is 0 Å². The number of halogens is 2. The molecule has 0 aromatic heterocycles. The first-order valence-electron chi connectivity index (χ1n) is 7.40. The Bertz CT molecular complexity index is 483. The number of carbonyl (C=O) groups is 1. The highest BCUT2D eigenvalue weighted by Gasteiger charge is 2.31. The quantitative estimate of drug-likeness (QED) is 0.755. The topological polar surface area (TPSA) is 21.5 Å². The molecule has 1 heterocycles. The predicted octanol–water partition coefficient (Wildman–Crippen LogP) is -0.842. The molecule has 1 unspecified atom stereocenters. The van der Waals surface area contributed by atoms with Crippen LogP contribution in [0, 0.1) is 5.92 Å². The first kappa shape index (κ1) is 15.8. The van der Waals surface area contributed by atoms with Crippen LogP contribution in [0.15, 0.2) is 18.2 Å². The summed E-state index contributed by atoms with van der Waals surface area (Å²) in [5.74, 6) is 0.529. The zero-order valence-electron chi connectivity index (χ0n) is 11.6. The Hall–Kier alpha value is -0.570. The number of hydrogen-bond acceptors (Lipinski definition) is 1. The van der Waals surface area contributed by atoms with Gasteiger partial charge in [0.1, 0.15) is 0 Å². The van der Waals surface area contributed by atoms with Crippen molar-refractivity contribution in [2.24, 2.45) is 5.92 Å². The van der Waals surface area contributed by atoms with E-state index in [2.05, 4.69) is 0 Å². The van der Waals surface area contributed by atoms with Crippen LogP contribution < -0.4 is 17.3 Å². The summed E-state index contributed by atoms with van der Waals surface area (Å²) < 4.78 is 0. The van der Waals surface area contributed by atoms with Crippen LogP contribution >= 0.6 is 11.6 Å². The number of rotatable bonds is 2. The largest absolute Gasteiger partial charge is 1.00 e. The smallest absolute Gasteiger partial charge is 0.171 e. The van der Waals surface area contributed by atoms with Crippen LogP contribution in [-0.2, 0) is 6.42 Å². The number of ketones is 1. The summed E-state index contributed by atoms with van der Waals surface area (Å²) >= 11 is 6.02. The molecular weight excluding hydrogens is 293 g/mol. The average molecular weight is 314 g/mol. The fourth-order valence-electron chi connectivity index (χ4n) is 3.48. The van der Waals surface area contributed by atoms with Crippen molar-refractivity contribution < 1.29 is 22.1 Å². The molecule has 1 atom stereocenters. The Labute approximate surface area is 131 Å². The van der Waals surface area contributed by atoms with Gasteiger partial charge in [-0.1, -0.05) is 17.7 Å². The van der Waals surface area contributed by atoms with E-state index in [1.807, 2.05) is 18.2 Å². The molecule has 2 aliphatic rings. The minimum Gasteiger partial charge on any atom is -1.00 e. The molecule has 1 aliphatic heterocycles. The maximum absolute atomic E-state index is 12.6. The number of quaternary nitrogens is 1. The van der Waals surface area contributed by atoms with Gasteiger partial charge in [-0.25, -0.2) is 0 Å². The number of aryl methyl sites for hydroxylation is 1. The van der Waals surface area contributed by atoms with Gasteiger partial charge in [0.05, 0.1) is 25.6 Å². The zero-order chi connectivity index (χ0) is 13.2. The van der Waals surface area contributed by atoms with Gasteiger partial charge in [0.25, 0.3) is 0 Å². The number of nitrogens with one attached hydrogen (secondary N) is 1. The van der Waals surface area contributed by atoms with E-state index in [9.17, 15) is 4.79 Å². The maximum atomic E-state index is 12.6. The van der Waals surface area contributed by atoms with Crippen molar-refractivity contribution in [3.05, 3.63) is 34.3 Å². The van der Waals surface area contributed by atoms with Gasteiger partial charge in [-0.2, -0.15) is 0 Å². The normalized spacial score (nSPS) is 23.1. The molecule has 0 bridgehead atoms. The molecule has 1 aromatic carbocycles. The molecule has 0 saturated carbocycles. The van der Waals surface area contributed by atoms with Crippen molar-refractivity contribution in [2.75, 3.05) is 19.6 Å². The Morgan fingerprint density at radius 1 is 1.20 bits per heavy atom. The number of piperidine rings is 1. The molecule has 1 aliphatic carbocycles. The Morgan fingerprint density at radius 3 is 2.70 bits per heavy atom. The van der Waals surface area contributed by atoms with Crippen LogP contribution in [0.4, 0.5) is 0 Å². The summed E-state index contributed by atoms with van der Waals surface area (Å²) in [5, 5.41) is 0.679. The third-order valence-electron chi connectivity index (χ3n) is 4.57. The van der Waals surface area contributed by atoms with Crippen LogP contribution in [0.25, 0.3) is 0 Å². The van der Waals surface area contributed by atoms with Crippen LogP contribution in [0.2, 0.25) is 5.02 Å². The first-order chi connectivity index (χ1) is 9.24. The molecule has 0 spiro atoms. The fourth-order valence-corrected chi connectivity index (χ4v) is 3.65. The van der Waals surface area contributed by atoms with E-state index in [0.717, 1.165) is 24.9 Å². The van der Waals surface area contributed by atoms with Crippen LogP contribution in [0.3, 0.4) is 0 Å². The van der Waals surface area contributed by atoms with Crippen molar-refractivity contribution in [2.45, 2.75) is 32.1 Å². The SMILES string of the molecule is O=C1c2cc(Cl)ccc2CCC1C[NH+]1CCCCC1.[Cl-]. The van der Waals surface area contributed by atoms with Gasteiger partial charge in [-0.3, -0.25) is 4.79 Å². The molecule has 0 radical (unpaired) electrons. The molecule has 4 heteroatoms. The van der Waals surface area contributed by atoms with E-state index in [1.54, 1.807) is 4.90 Å². The highest BCUT2D eigenvalue weighted by atomic mass is 35.5. The van der Waals surface area contributed by atoms with Gasteiger partial charge < -0.3 is 17.3 Å². The van der Waals surface area contributed by atoms with E-state index >= 15 is 0 Å². The standard InChI is InChI=1S/C16H20ClNO.ClH/c17-14-7-6-12-4-5-13(16(19)15(12)10-14)11-18-8-2-1-3-9-18;/h6-7,10,13H,1-5,8-9,11H2;1H. The molecule has 20 heavy (non-hydrogen) atoms. The molecule has 2 nitrogen and oxygen atoms in total. The third-order valence-corrected chi connectivity index (χ3v) is 4.80. The number of hydrogen-bond donors (Lipinski definition) is 1. The first-order valence-corrected chi connectivity index (χ1v) is 7.78. The summed E-state index contributed by atoms with van der Waals surface area (Å²) in [4.78, 5) is 14.2. The van der Waals surface area contributed by atoms with E-state index < -0.39 is 0 Å². The van der Waals surface area contributed by atoms with Crippen molar-refractivity contribution in [3.63, 3.8) is 0 Å². The number of likely N-dealkylation sites (tertiary alicyclic amines) is 1. The Morgan fingerprint density at radius 2 is 1.95 bits per heavy atom. The Balaban J connectivity index is 0.00000147. The third kappa shape index (κ3) is 3.36.